The summed E-state index contributed by atoms with van der Waals surface area (Å²) in [6, 6.07) is 0. The second-order valence-electron chi connectivity index (χ2n) is 5.63. The van der Waals surface area contributed by atoms with E-state index in [9.17, 15) is 0 Å². The van der Waals surface area contributed by atoms with E-state index in [1.54, 1.807) is 23.1 Å². The molecule has 8 heteroatoms. The van der Waals surface area contributed by atoms with E-state index in [1.807, 2.05) is 0 Å². The van der Waals surface area contributed by atoms with Crippen LogP contribution in [0.1, 0.15) is 35.9 Å². The monoisotopic (exact) mass is 361 g/mol. The van der Waals surface area contributed by atoms with Crippen molar-refractivity contribution in [1.82, 2.24) is 19.9 Å². The highest BCUT2D eigenvalue weighted by atomic mass is 79.9. The Kier molecular flexibility index (Phi) is 3.42. The van der Waals surface area contributed by atoms with Crippen molar-refractivity contribution in [2.75, 3.05) is 18.8 Å². The number of nitrogens with zero attached hydrogens (tertiary/aromatic N) is 5. The largest absolute Gasteiger partial charge is 0.383 e. The van der Waals surface area contributed by atoms with Crippen molar-refractivity contribution < 1.29 is 0 Å². The first-order chi connectivity index (χ1) is 10.8. The number of hydrogen-bond acceptors (Lipinski definition) is 6. The summed E-state index contributed by atoms with van der Waals surface area (Å²) in [5.41, 5.74) is 9.03. The predicted molar refractivity (Wildman–Crippen MR) is 89.7 cm³/mol. The first kappa shape index (κ1) is 13.8. The van der Waals surface area contributed by atoms with Crippen LogP contribution in [-0.4, -0.2) is 40.1 Å². The Labute approximate surface area is 135 Å². The summed E-state index contributed by atoms with van der Waals surface area (Å²) in [5.74, 6) is 0.968. The molecule has 2 aromatic rings. The van der Waals surface area contributed by atoms with E-state index >= 15 is 0 Å². The van der Waals surface area contributed by atoms with Gasteiger partial charge < -0.3 is 11.1 Å². The molecule has 3 N–H and O–H groups in total. The average molecular weight is 362 g/mol. The van der Waals surface area contributed by atoms with Crippen LogP contribution in [0, 0.1) is 0 Å². The minimum absolute atomic E-state index is 0.0166. The fourth-order valence-electron chi connectivity index (χ4n) is 3.04. The Morgan fingerprint density at radius 3 is 2.86 bits per heavy atom. The van der Waals surface area contributed by atoms with Gasteiger partial charge in [-0.3, -0.25) is 0 Å². The molecule has 1 saturated heterocycles. The molecular formula is C14H16BrN7. The summed E-state index contributed by atoms with van der Waals surface area (Å²) >= 11 is 3.60. The van der Waals surface area contributed by atoms with Crippen molar-refractivity contribution in [1.29, 1.82) is 0 Å². The molecule has 4 rings (SSSR count). The lowest BCUT2D eigenvalue weighted by molar-refractivity contribution is 0.453. The highest BCUT2D eigenvalue weighted by Crippen LogP contribution is 2.34. The maximum absolute atomic E-state index is 6.26. The molecule has 2 aliphatic rings. The summed E-state index contributed by atoms with van der Waals surface area (Å²) in [4.78, 5) is 4.87. The quantitative estimate of drug-likeness (QED) is 0.850. The van der Waals surface area contributed by atoms with Gasteiger partial charge in [0.25, 0.3) is 0 Å². The Hall–Kier alpha value is -1.80. The van der Waals surface area contributed by atoms with Crippen LogP contribution in [0.3, 0.4) is 0 Å². The number of fused-ring (bicyclic) bond motifs is 1. The third-order valence-electron chi connectivity index (χ3n) is 4.24. The van der Waals surface area contributed by atoms with E-state index < -0.39 is 0 Å². The molecule has 0 saturated carbocycles. The Morgan fingerprint density at radius 2 is 2.14 bits per heavy atom. The number of nitrogens with one attached hydrogen (secondary N) is 1. The topological polar surface area (TPSA) is 93.0 Å². The number of piperidine rings is 1. The molecule has 2 aromatic heterocycles. The standard InChI is InChI=1S/C14H16BrN7/c15-11-12(8-2-1-3-17-4-8)21-14-10(9-5-18-19-6-9)7-20-22(14)13(11)16/h5-9,17H,1-4,16H2/t8-/m0/s1. The molecule has 0 aliphatic carbocycles. The smallest absolute Gasteiger partial charge is 0.161 e. The van der Waals surface area contributed by atoms with Gasteiger partial charge in [-0.2, -0.15) is 19.8 Å². The molecule has 0 aromatic carbocycles. The van der Waals surface area contributed by atoms with Gasteiger partial charge in [-0.05, 0) is 35.3 Å². The van der Waals surface area contributed by atoms with Crippen LogP contribution < -0.4 is 11.1 Å². The molecule has 114 valence electrons. The second-order valence-corrected chi connectivity index (χ2v) is 6.42. The number of nitrogen functional groups attached to an aromatic ring is 1. The van der Waals surface area contributed by atoms with Crippen molar-refractivity contribution in [3.05, 3.63) is 21.9 Å². The zero-order valence-electron chi connectivity index (χ0n) is 11.9. The maximum atomic E-state index is 6.26. The molecule has 2 aliphatic heterocycles. The van der Waals surface area contributed by atoms with Gasteiger partial charge in [0.05, 0.1) is 22.3 Å². The van der Waals surface area contributed by atoms with Gasteiger partial charge in [0, 0.05) is 30.5 Å². The summed E-state index contributed by atoms with van der Waals surface area (Å²) in [6.45, 7) is 2.00. The molecule has 0 radical (unpaired) electrons. The van der Waals surface area contributed by atoms with Crippen LogP contribution in [0.5, 0.6) is 0 Å². The minimum atomic E-state index is 0.0166. The molecule has 0 amide bonds. The number of halogens is 1. The number of aromatic nitrogens is 3. The van der Waals surface area contributed by atoms with Gasteiger partial charge in [-0.1, -0.05) is 0 Å². The van der Waals surface area contributed by atoms with Crippen LogP contribution in [-0.2, 0) is 0 Å². The Morgan fingerprint density at radius 1 is 1.32 bits per heavy atom. The zero-order chi connectivity index (χ0) is 15.1. The van der Waals surface area contributed by atoms with E-state index in [4.69, 9.17) is 10.7 Å². The first-order valence-electron chi connectivity index (χ1n) is 7.35. The van der Waals surface area contributed by atoms with Crippen LogP contribution >= 0.6 is 15.9 Å². The molecule has 0 spiro atoms. The van der Waals surface area contributed by atoms with Crippen molar-refractivity contribution >= 4 is 39.8 Å². The van der Waals surface area contributed by atoms with Crippen LogP contribution in [0.4, 0.5) is 5.82 Å². The number of nitrogens with two attached hydrogens (primary N) is 1. The molecule has 1 atom stereocenters. The number of rotatable bonds is 2. The van der Waals surface area contributed by atoms with Gasteiger partial charge in [-0.15, -0.1) is 0 Å². The molecule has 7 nitrogen and oxygen atoms in total. The first-order valence-corrected chi connectivity index (χ1v) is 8.15. The van der Waals surface area contributed by atoms with E-state index in [-0.39, 0.29) is 5.92 Å². The van der Waals surface area contributed by atoms with E-state index in [1.165, 1.54) is 0 Å². The normalized spacial score (nSPS) is 22.0. The lowest BCUT2D eigenvalue weighted by Crippen LogP contribution is -2.29. The van der Waals surface area contributed by atoms with Gasteiger partial charge >= 0.3 is 0 Å². The third kappa shape index (κ3) is 2.14. The zero-order valence-corrected chi connectivity index (χ0v) is 13.5. The van der Waals surface area contributed by atoms with E-state index in [0.29, 0.717) is 11.7 Å². The molecule has 0 bridgehead atoms. The maximum Gasteiger partial charge on any atom is 0.161 e. The second kappa shape index (κ2) is 5.44. The molecular weight excluding hydrogens is 346 g/mol. The molecule has 1 fully saturated rings. The predicted octanol–water partition coefficient (Wildman–Crippen LogP) is 1.69. The fraction of sp³-hybridized carbons (Fsp3) is 0.429. The molecule has 22 heavy (non-hydrogen) atoms. The minimum Gasteiger partial charge on any atom is -0.383 e. The van der Waals surface area contributed by atoms with Gasteiger partial charge in [-0.25, -0.2) is 4.98 Å². The van der Waals surface area contributed by atoms with Crippen LogP contribution in [0.25, 0.3) is 5.65 Å². The fourth-order valence-corrected chi connectivity index (χ4v) is 3.62. The third-order valence-corrected chi connectivity index (χ3v) is 5.05. The van der Waals surface area contributed by atoms with Crippen LogP contribution in [0.15, 0.2) is 20.9 Å². The van der Waals surface area contributed by atoms with Crippen molar-refractivity contribution in [3.8, 4) is 0 Å². The van der Waals surface area contributed by atoms with Gasteiger partial charge in [0.1, 0.15) is 5.82 Å². The lowest BCUT2D eigenvalue weighted by Gasteiger charge is -2.24. The number of anilines is 1. The van der Waals surface area contributed by atoms with Crippen molar-refractivity contribution in [2.45, 2.75) is 24.7 Å². The van der Waals surface area contributed by atoms with Gasteiger partial charge in [0.2, 0.25) is 0 Å². The van der Waals surface area contributed by atoms with Crippen molar-refractivity contribution in [3.63, 3.8) is 0 Å². The Bertz CT molecular complexity index is 761. The molecule has 0 unspecified atom stereocenters. The highest BCUT2D eigenvalue weighted by Gasteiger charge is 2.25. The van der Waals surface area contributed by atoms with Gasteiger partial charge in [0.15, 0.2) is 5.65 Å². The van der Waals surface area contributed by atoms with E-state index in [2.05, 4.69) is 36.5 Å². The van der Waals surface area contributed by atoms with Crippen LogP contribution in [0.2, 0.25) is 0 Å². The Balaban J connectivity index is 1.86. The summed E-state index contributed by atoms with van der Waals surface area (Å²) < 4.78 is 2.52. The van der Waals surface area contributed by atoms with E-state index in [0.717, 1.165) is 47.3 Å². The van der Waals surface area contributed by atoms with Crippen molar-refractivity contribution in [2.24, 2.45) is 10.2 Å². The summed E-state index contributed by atoms with van der Waals surface area (Å²) in [6.07, 6.45) is 7.64. The number of hydrogen-bond donors (Lipinski definition) is 2. The summed E-state index contributed by atoms with van der Waals surface area (Å²) in [7, 11) is 0. The molecule has 4 heterocycles. The summed E-state index contributed by atoms with van der Waals surface area (Å²) in [5, 5.41) is 15.6. The average Bonchev–Trinajstić information content (AvgIpc) is 3.20. The SMILES string of the molecule is Nc1c(Br)c([C@H]2CCCNC2)nc2c(C3C=NN=C3)cnn12. The lowest BCUT2D eigenvalue weighted by atomic mass is 9.95. The highest BCUT2D eigenvalue weighted by molar-refractivity contribution is 9.10.